The molecule has 0 spiro atoms. The lowest BCUT2D eigenvalue weighted by atomic mass is 10.0. The summed E-state index contributed by atoms with van der Waals surface area (Å²) < 4.78 is 2.32. The van der Waals surface area contributed by atoms with E-state index < -0.39 is 0 Å². The molecule has 3 nitrogen and oxygen atoms in total. The fourth-order valence-electron chi connectivity index (χ4n) is 3.31. The topological polar surface area (TPSA) is 20.2 Å². The van der Waals surface area contributed by atoms with E-state index >= 15 is 0 Å². The van der Waals surface area contributed by atoms with Crippen LogP contribution in [0.1, 0.15) is 17.3 Å². The van der Waals surface area contributed by atoms with E-state index in [1.165, 1.54) is 11.3 Å². The molecule has 24 heavy (non-hydrogen) atoms. The fourth-order valence-corrected chi connectivity index (χ4v) is 3.62. The van der Waals surface area contributed by atoms with Gasteiger partial charge < -0.3 is 14.8 Å². The zero-order valence-corrected chi connectivity index (χ0v) is 14.1. The summed E-state index contributed by atoms with van der Waals surface area (Å²) in [5.41, 5.74) is 3.56. The van der Waals surface area contributed by atoms with E-state index in [1.54, 1.807) is 0 Å². The Morgan fingerprint density at radius 1 is 0.875 bits per heavy atom. The fraction of sp³-hybridized carbons (Fsp3) is 0.150. The number of fused-ring (bicyclic) bond motifs is 1. The van der Waals surface area contributed by atoms with Crippen molar-refractivity contribution in [3.05, 3.63) is 90.3 Å². The summed E-state index contributed by atoms with van der Waals surface area (Å²) in [6, 6.07) is 25.1. The highest BCUT2D eigenvalue weighted by Crippen LogP contribution is 2.32. The molecule has 2 heterocycles. The van der Waals surface area contributed by atoms with Gasteiger partial charge in [0.25, 0.3) is 0 Å². The minimum atomic E-state index is 0.138. The van der Waals surface area contributed by atoms with Crippen molar-refractivity contribution >= 4 is 23.0 Å². The predicted molar refractivity (Wildman–Crippen MR) is 102 cm³/mol. The first-order valence-corrected chi connectivity index (χ1v) is 8.56. The summed E-state index contributed by atoms with van der Waals surface area (Å²) in [4.78, 5) is 2.28. The van der Waals surface area contributed by atoms with Crippen LogP contribution in [0.15, 0.2) is 79.0 Å². The molecule has 3 aromatic rings. The van der Waals surface area contributed by atoms with Crippen LogP contribution in [0.3, 0.4) is 0 Å². The number of para-hydroxylation sites is 1. The molecule has 0 radical (unpaired) electrons. The molecule has 1 N–H and O–H groups in total. The molecule has 1 aliphatic rings. The lowest BCUT2D eigenvalue weighted by Crippen LogP contribution is -2.44. The molecule has 4 heteroatoms. The molecule has 1 aliphatic heterocycles. The van der Waals surface area contributed by atoms with Crippen molar-refractivity contribution in [1.82, 2.24) is 9.47 Å². The SMILES string of the molecule is S=C(Nc1ccccc1)N1CCn2cccc2[C@@H]1c1ccccc1. The second-order valence-corrected chi connectivity index (χ2v) is 6.32. The minimum absolute atomic E-state index is 0.138. The number of nitrogens with one attached hydrogen (secondary N) is 1. The Morgan fingerprint density at radius 2 is 1.58 bits per heavy atom. The van der Waals surface area contributed by atoms with Gasteiger partial charge in [-0.25, -0.2) is 0 Å². The predicted octanol–water partition coefficient (Wildman–Crippen LogP) is 4.29. The maximum absolute atomic E-state index is 5.74. The van der Waals surface area contributed by atoms with Gasteiger partial charge in [0.1, 0.15) is 0 Å². The van der Waals surface area contributed by atoms with Gasteiger partial charge in [-0.05, 0) is 42.0 Å². The molecule has 0 fully saturated rings. The quantitative estimate of drug-likeness (QED) is 0.707. The van der Waals surface area contributed by atoms with Crippen LogP contribution in [0, 0.1) is 0 Å². The number of anilines is 1. The summed E-state index contributed by atoms with van der Waals surface area (Å²) in [7, 11) is 0. The van der Waals surface area contributed by atoms with Crippen molar-refractivity contribution in [1.29, 1.82) is 0 Å². The third-order valence-electron chi connectivity index (χ3n) is 4.44. The van der Waals surface area contributed by atoms with Crippen LogP contribution in [0.2, 0.25) is 0 Å². The average Bonchev–Trinajstić information content (AvgIpc) is 3.11. The number of rotatable bonds is 2. The zero-order valence-electron chi connectivity index (χ0n) is 13.3. The number of benzene rings is 2. The summed E-state index contributed by atoms with van der Waals surface area (Å²) in [6.45, 7) is 1.84. The number of aromatic nitrogens is 1. The van der Waals surface area contributed by atoms with Gasteiger partial charge in [0.15, 0.2) is 5.11 Å². The maximum atomic E-state index is 5.74. The summed E-state index contributed by atoms with van der Waals surface area (Å²) in [5.74, 6) is 0. The molecule has 1 atom stereocenters. The van der Waals surface area contributed by atoms with Crippen LogP contribution in [0.5, 0.6) is 0 Å². The number of thiocarbonyl (C=S) groups is 1. The molecule has 1 aromatic heterocycles. The molecule has 0 unspecified atom stereocenters. The number of nitrogens with zero attached hydrogens (tertiary/aromatic N) is 2. The van der Waals surface area contributed by atoms with Gasteiger partial charge in [-0.2, -0.15) is 0 Å². The highest BCUT2D eigenvalue weighted by Gasteiger charge is 2.30. The molecular formula is C20H19N3S. The van der Waals surface area contributed by atoms with Gasteiger partial charge in [-0.3, -0.25) is 0 Å². The molecule has 0 amide bonds. The maximum Gasteiger partial charge on any atom is 0.174 e. The van der Waals surface area contributed by atoms with Crippen molar-refractivity contribution in [2.24, 2.45) is 0 Å². The smallest absolute Gasteiger partial charge is 0.174 e. The van der Waals surface area contributed by atoms with Crippen molar-refractivity contribution in [2.75, 3.05) is 11.9 Å². The lowest BCUT2D eigenvalue weighted by Gasteiger charge is -2.39. The Bertz CT molecular complexity index is 826. The van der Waals surface area contributed by atoms with Crippen LogP contribution in [-0.4, -0.2) is 21.1 Å². The largest absolute Gasteiger partial charge is 0.348 e. The van der Waals surface area contributed by atoms with Crippen molar-refractivity contribution in [3.63, 3.8) is 0 Å². The van der Waals surface area contributed by atoms with Crippen LogP contribution >= 0.6 is 12.2 Å². The molecule has 0 saturated heterocycles. The van der Waals surface area contributed by atoms with Gasteiger partial charge >= 0.3 is 0 Å². The van der Waals surface area contributed by atoms with Crippen molar-refractivity contribution in [3.8, 4) is 0 Å². The third-order valence-corrected chi connectivity index (χ3v) is 4.78. The summed E-state index contributed by atoms with van der Waals surface area (Å²) in [6.07, 6.45) is 2.15. The van der Waals surface area contributed by atoms with Gasteiger partial charge in [-0.15, -0.1) is 0 Å². The highest BCUT2D eigenvalue weighted by molar-refractivity contribution is 7.80. The third kappa shape index (κ3) is 2.81. The van der Waals surface area contributed by atoms with Crippen molar-refractivity contribution in [2.45, 2.75) is 12.6 Å². The first kappa shape index (κ1) is 15.0. The minimum Gasteiger partial charge on any atom is -0.348 e. The summed E-state index contributed by atoms with van der Waals surface area (Å²) in [5, 5.41) is 4.15. The molecule has 120 valence electrons. The molecule has 0 aliphatic carbocycles. The standard InChI is InChI=1S/C20H19N3S/c24-20(21-17-10-5-2-6-11-17)23-15-14-22-13-7-12-18(22)19(23)16-8-3-1-4-9-16/h1-13,19H,14-15H2,(H,21,24)/t19-/m0/s1. The Kier molecular flexibility index (Phi) is 4.05. The highest BCUT2D eigenvalue weighted by atomic mass is 32.1. The van der Waals surface area contributed by atoms with E-state index in [1.807, 2.05) is 30.3 Å². The van der Waals surface area contributed by atoms with Gasteiger partial charge in [-0.1, -0.05) is 48.5 Å². The van der Waals surface area contributed by atoms with Crippen LogP contribution in [-0.2, 0) is 6.54 Å². The van der Waals surface area contributed by atoms with Crippen LogP contribution in [0.25, 0.3) is 0 Å². The normalized spacial score (nSPS) is 16.5. The Labute approximate surface area is 147 Å². The summed E-state index contributed by atoms with van der Waals surface area (Å²) >= 11 is 5.74. The molecule has 4 rings (SSSR count). The number of hydrogen-bond donors (Lipinski definition) is 1. The Balaban J connectivity index is 1.67. The second kappa shape index (κ2) is 6.49. The van der Waals surface area contributed by atoms with Crippen molar-refractivity contribution < 1.29 is 0 Å². The van der Waals surface area contributed by atoms with Crippen LogP contribution < -0.4 is 5.32 Å². The second-order valence-electron chi connectivity index (χ2n) is 5.93. The van der Waals surface area contributed by atoms with E-state index in [9.17, 15) is 0 Å². The van der Waals surface area contributed by atoms with Crippen LogP contribution in [0.4, 0.5) is 5.69 Å². The first-order chi connectivity index (χ1) is 11.8. The average molecular weight is 333 g/mol. The van der Waals surface area contributed by atoms with Gasteiger partial charge in [0.2, 0.25) is 0 Å². The van der Waals surface area contributed by atoms with Gasteiger partial charge in [0, 0.05) is 30.7 Å². The lowest BCUT2D eigenvalue weighted by molar-refractivity contribution is 0.293. The monoisotopic (exact) mass is 333 g/mol. The first-order valence-electron chi connectivity index (χ1n) is 8.15. The Morgan fingerprint density at radius 3 is 2.33 bits per heavy atom. The van der Waals surface area contributed by atoms with E-state index in [0.29, 0.717) is 0 Å². The van der Waals surface area contributed by atoms with E-state index in [2.05, 4.69) is 63.4 Å². The zero-order chi connectivity index (χ0) is 16.4. The molecule has 2 aromatic carbocycles. The van der Waals surface area contributed by atoms with E-state index in [4.69, 9.17) is 12.2 Å². The molecule has 0 bridgehead atoms. The van der Waals surface area contributed by atoms with E-state index in [-0.39, 0.29) is 6.04 Å². The number of hydrogen-bond acceptors (Lipinski definition) is 1. The molecular weight excluding hydrogens is 314 g/mol. The Hall–Kier alpha value is -2.59. The molecule has 0 saturated carbocycles. The van der Waals surface area contributed by atoms with Gasteiger partial charge in [0.05, 0.1) is 6.04 Å². The van der Waals surface area contributed by atoms with E-state index in [0.717, 1.165) is 23.9 Å².